The summed E-state index contributed by atoms with van der Waals surface area (Å²) >= 11 is 0. The van der Waals surface area contributed by atoms with E-state index < -0.39 is 0 Å². The molecule has 9 heteroatoms. The van der Waals surface area contributed by atoms with E-state index in [1.165, 1.54) is 0 Å². The molecule has 0 saturated heterocycles. The molecule has 0 bridgehead atoms. The third kappa shape index (κ3) is 7.77. The Kier molecular flexibility index (Phi) is 9.66. The molecule has 32 heavy (non-hydrogen) atoms. The Balaban J connectivity index is 1.62. The fourth-order valence-electron chi connectivity index (χ4n) is 2.85. The molecule has 4 N–H and O–H groups in total. The van der Waals surface area contributed by atoms with Crippen LogP contribution in [0.25, 0.3) is 11.4 Å². The van der Waals surface area contributed by atoms with E-state index in [4.69, 9.17) is 19.9 Å². The normalized spacial score (nSPS) is 10.7. The van der Waals surface area contributed by atoms with Crippen molar-refractivity contribution in [2.45, 2.75) is 6.54 Å². The zero-order valence-corrected chi connectivity index (χ0v) is 18.3. The second kappa shape index (κ2) is 13.2. The summed E-state index contributed by atoms with van der Waals surface area (Å²) in [5, 5.41) is 6.48. The second-order valence-corrected chi connectivity index (χ2v) is 6.82. The van der Waals surface area contributed by atoms with Gasteiger partial charge in [-0.2, -0.15) is 15.0 Å². The number of benzene rings is 2. The molecular formula is C23H30N6O3. The third-order valence-electron chi connectivity index (χ3n) is 4.42. The molecule has 0 spiro atoms. The van der Waals surface area contributed by atoms with Crippen LogP contribution in [0.3, 0.4) is 0 Å². The van der Waals surface area contributed by atoms with Gasteiger partial charge in [0.15, 0.2) is 5.82 Å². The number of nitrogens with one attached hydrogen (secondary N) is 2. The van der Waals surface area contributed by atoms with E-state index in [1.807, 2.05) is 54.6 Å². The Hall–Kier alpha value is -3.27. The highest BCUT2D eigenvalue weighted by molar-refractivity contribution is 5.57. The lowest BCUT2D eigenvalue weighted by molar-refractivity contribution is 0.0547. The van der Waals surface area contributed by atoms with Crippen molar-refractivity contribution >= 4 is 11.9 Å². The number of rotatable bonds is 14. The first-order valence-electron chi connectivity index (χ1n) is 10.6. The van der Waals surface area contributed by atoms with E-state index in [0.29, 0.717) is 63.8 Å². The molecule has 0 fully saturated rings. The Morgan fingerprint density at radius 2 is 1.56 bits per heavy atom. The predicted octanol–water partition coefficient (Wildman–Crippen LogP) is 2.56. The van der Waals surface area contributed by atoms with Crippen LogP contribution in [0.2, 0.25) is 0 Å². The Morgan fingerprint density at radius 3 is 2.31 bits per heavy atom. The first-order valence-corrected chi connectivity index (χ1v) is 10.6. The first-order chi connectivity index (χ1) is 15.8. The van der Waals surface area contributed by atoms with E-state index in [0.717, 1.165) is 16.9 Å². The summed E-state index contributed by atoms with van der Waals surface area (Å²) in [6.07, 6.45) is 0. The molecule has 0 aliphatic rings. The minimum atomic E-state index is 0.481. The van der Waals surface area contributed by atoms with Crippen LogP contribution >= 0.6 is 0 Å². The Bertz CT molecular complexity index is 942. The summed E-state index contributed by atoms with van der Waals surface area (Å²) in [5.74, 6) is 2.36. The summed E-state index contributed by atoms with van der Waals surface area (Å²) in [6.45, 7) is 3.72. The summed E-state index contributed by atoms with van der Waals surface area (Å²) in [4.78, 5) is 13.6. The topological polar surface area (TPSA) is 116 Å². The lowest BCUT2D eigenvalue weighted by atomic mass is 10.2. The van der Waals surface area contributed by atoms with Crippen LogP contribution in [0.1, 0.15) is 5.56 Å². The van der Waals surface area contributed by atoms with Crippen LogP contribution in [0.4, 0.5) is 11.9 Å². The highest BCUT2D eigenvalue weighted by Crippen LogP contribution is 2.18. The van der Waals surface area contributed by atoms with Crippen molar-refractivity contribution in [3.8, 4) is 17.1 Å². The maximum absolute atomic E-state index is 5.55. The van der Waals surface area contributed by atoms with Crippen LogP contribution < -0.4 is 21.1 Å². The number of nitrogens with zero attached hydrogens (tertiary/aromatic N) is 3. The number of aromatic nitrogens is 3. The van der Waals surface area contributed by atoms with Gasteiger partial charge in [0.2, 0.25) is 11.9 Å². The SMILES string of the molecule is COc1cccc(CNc2nc(NCCOCCOCCN)nc(-c3ccccc3)n2)c1. The molecule has 3 rings (SSSR count). The van der Waals surface area contributed by atoms with Gasteiger partial charge < -0.3 is 30.6 Å². The monoisotopic (exact) mass is 438 g/mol. The van der Waals surface area contributed by atoms with Gasteiger partial charge >= 0.3 is 0 Å². The van der Waals surface area contributed by atoms with Crippen molar-refractivity contribution in [3.63, 3.8) is 0 Å². The van der Waals surface area contributed by atoms with Crippen LogP contribution in [0, 0.1) is 0 Å². The zero-order valence-electron chi connectivity index (χ0n) is 18.3. The van der Waals surface area contributed by atoms with Gasteiger partial charge in [-0.1, -0.05) is 42.5 Å². The molecule has 170 valence electrons. The van der Waals surface area contributed by atoms with E-state index in [1.54, 1.807) is 7.11 Å². The van der Waals surface area contributed by atoms with Gasteiger partial charge in [-0.15, -0.1) is 0 Å². The van der Waals surface area contributed by atoms with Gasteiger partial charge in [0.25, 0.3) is 0 Å². The van der Waals surface area contributed by atoms with Gasteiger partial charge in [0, 0.05) is 25.2 Å². The minimum Gasteiger partial charge on any atom is -0.497 e. The maximum atomic E-state index is 5.55. The van der Waals surface area contributed by atoms with Crippen molar-refractivity contribution in [1.82, 2.24) is 15.0 Å². The van der Waals surface area contributed by atoms with E-state index in [9.17, 15) is 0 Å². The second-order valence-electron chi connectivity index (χ2n) is 6.82. The quantitative estimate of drug-likeness (QED) is 0.326. The Morgan fingerprint density at radius 1 is 0.812 bits per heavy atom. The average molecular weight is 439 g/mol. The number of anilines is 2. The summed E-state index contributed by atoms with van der Waals surface area (Å²) in [6, 6.07) is 17.7. The zero-order chi connectivity index (χ0) is 22.4. The lowest BCUT2D eigenvalue weighted by Gasteiger charge is -2.11. The maximum Gasteiger partial charge on any atom is 0.228 e. The lowest BCUT2D eigenvalue weighted by Crippen LogP contribution is -2.16. The van der Waals surface area contributed by atoms with Crippen molar-refractivity contribution in [3.05, 3.63) is 60.2 Å². The molecule has 2 aromatic carbocycles. The number of nitrogens with two attached hydrogens (primary N) is 1. The summed E-state index contributed by atoms with van der Waals surface area (Å²) in [5.41, 5.74) is 7.36. The van der Waals surface area contributed by atoms with Gasteiger partial charge in [0.05, 0.1) is 33.5 Å². The molecular weight excluding hydrogens is 408 g/mol. The molecule has 0 radical (unpaired) electrons. The molecule has 0 amide bonds. The van der Waals surface area contributed by atoms with E-state index in [-0.39, 0.29) is 0 Å². The fraction of sp³-hybridized carbons (Fsp3) is 0.348. The summed E-state index contributed by atoms with van der Waals surface area (Å²) in [7, 11) is 1.65. The largest absolute Gasteiger partial charge is 0.497 e. The van der Waals surface area contributed by atoms with Crippen molar-refractivity contribution < 1.29 is 14.2 Å². The van der Waals surface area contributed by atoms with Crippen LogP contribution in [0.5, 0.6) is 5.75 Å². The average Bonchev–Trinajstić information content (AvgIpc) is 2.85. The predicted molar refractivity (Wildman–Crippen MR) is 125 cm³/mol. The van der Waals surface area contributed by atoms with Crippen molar-refractivity contribution in [2.75, 3.05) is 57.3 Å². The van der Waals surface area contributed by atoms with E-state index in [2.05, 4.69) is 25.6 Å². The van der Waals surface area contributed by atoms with Gasteiger partial charge in [-0.25, -0.2) is 0 Å². The molecule has 0 unspecified atom stereocenters. The fourth-order valence-corrected chi connectivity index (χ4v) is 2.85. The molecule has 3 aromatic rings. The number of hydrogen-bond acceptors (Lipinski definition) is 9. The minimum absolute atomic E-state index is 0.481. The number of methoxy groups -OCH3 is 1. The highest BCUT2D eigenvalue weighted by Gasteiger charge is 2.09. The molecule has 0 aliphatic carbocycles. The first kappa shape index (κ1) is 23.4. The van der Waals surface area contributed by atoms with Crippen molar-refractivity contribution in [1.29, 1.82) is 0 Å². The number of ether oxygens (including phenoxy) is 3. The van der Waals surface area contributed by atoms with E-state index >= 15 is 0 Å². The molecule has 1 aromatic heterocycles. The molecule has 9 nitrogen and oxygen atoms in total. The van der Waals surface area contributed by atoms with Gasteiger partial charge in [-0.3, -0.25) is 0 Å². The molecule has 1 heterocycles. The van der Waals surface area contributed by atoms with Gasteiger partial charge in [0.1, 0.15) is 5.75 Å². The van der Waals surface area contributed by atoms with Gasteiger partial charge in [-0.05, 0) is 17.7 Å². The smallest absolute Gasteiger partial charge is 0.228 e. The van der Waals surface area contributed by atoms with Crippen LogP contribution in [0.15, 0.2) is 54.6 Å². The molecule has 0 saturated carbocycles. The molecule has 0 atom stereocenters. The number of hydrogen-bond donors (Lipinski definition) is 3. The Labute approximate surface area is 188 Å². The van der Waals surface area contributed by atoms with Crippen LogP contribution in [-0.4, -0.2) is 61.6 Å². The molecule has 0 aliphatic heterocycles. The highest BCUT2D eigenvalue weighted by atomic mass is 16.5. The third-order valence-corrected chi connectivity index (χ3v) is 4.42. The standard InChI is InChI=1S/C23H30N6O3/c1-30-20-9-5-6-18(16-20)17-26-23-28-21(19-7-3-2-4-8-19)27-22(29-23)25-11-13-32-15-14-31-12-10-24/h2-9,16H,10-15,17,24H2,1H3,(H2,25,26,27,28,29). The van der Waals surface area contributed by atoms with Crippen LogP contribution in [-0.2, 0) is 16.0 Å². The van der Waals surface area contributed by atoms with Crippen molar-refractivity contribution in [2.24, 2.45) is 5.73 Å². The summed E-state index contributed by atoms with van der Waals surface area (Å²) < 4.78 is 16.1.